The first kappa shape index (κ1) is 26.0. The van der Waals surface area contributed by atoms with E-state index in [1.165, 1.54) is 5.56 Å². The van der Waals surface area contributed by atoms with Crippen molar-refractivity contribution in [3.05, 3.63) is 65.2 Å². The Morgan fingerprint density at radius 3 is 2.56 bits per heavy atom. The summed E-state index contributed by atoms with van der Waals surface area (Å²) < 4.78 is 0. The predicted molar refractivity (Wildman–Crippen MR) is 153 cm³/mol. The second-order valence-corrected chi connectivity index (χ2v) is 11.4. The number of benzene rings is 2. The van der Waals surface area contributed by atoms with Crippen LogP contribution in [-0.4, -0.2) is 77.4 Å². The average molecular weight is 549 g/mol. The van der Waals surface area contributed by atoms with Gasteiger partial charge in [0, 0.05) is 62.3 Å². The second kappa shape index (κ2) is 11.5. The summed E-state index contributed by atoms with van der Waals surface area (Å²) in [5, 5.41) is 5.43. The van der Waals surface area contributed by atoms with Crippen molar-refractivity contribution in [2.45, 2.75) is 57.3 Å². The van der Waals surface area contributed by atoms with Crippen molar-refractivity contribution >= 4 is 34.9 Å². The number of rotatable bonds is 7. The van der Waals surface area contributed by atoms with Crippen LogP contribution < -0.4 is 10.3 Å². The highest BCUT2D eigenvalue weighted by molar-refractivity contribution is 6.30. The fourth-order valence-electron chi connectivity index (χ4n) is 6.63. The highest BCUT2D eigenvalue weighted by atomic mass is 35.5. The third-order valence-electron chi connectivity index (χ3n) is 8.71. The van der Waals surface area contributed by atoms with E-state index in [4.69, 9.17) is 16.7 Å². The van der Waals surface area contributed by atoms with E-state index in [0.717, 1.165) is 61.7 Å². The standard InChI is InChI=1S/C30H37ClN6O2/c31-23-9-6-10-24(21-23)34-17-19-35(20-18-34)28(38)14-13-27-32-33-30-36(16-15-22-7-2-1-3-8-22)29(39)25-11-4-5-12-26(25)37(27)30/h1-3,6-10,21,25-26,30,33H,4-5,11-20H2. The van der Waals surface area contributed by atoms with Gasteiger partial charge in [0.1, 0.15) is 5.84 Å². The lowest BCUT2D eigenvalue weighted by Crippen LogP contribution is -2.67. The first-order valence-corrected chi connectivity index (χ1v) is 14.7. The molecule has 3 aliphatic heterocycles. The molecule has 0 radical (unpaired) electrons. The highest BCUT2D eigenvalue weighted by Gasteiger charge is 2.50. The quantitative estimate of drug-likeness (QED) is 0.568. The smallest absolute Gasteiger partial charge is 0.230 e. The Bertz CT molecular complexity index is 1210. The summed E-state index contributed by atoms with van der Waals surface area (Å²) in [7, 11) is 0. The van der Waals surface area contributed by atoms with Gasteiger partial charge in [0.05, 0.1) is 5.92 Å². The maximum Gasteiger partial charge on any atom is 0.230 e. The second-order valence-electron chi connectivity index (χ2n) is 11.0. The average Bonchev–Trinajstić information content (AvgIpc) is 3.40. The Kier molecular flexibility index (Phi) is 7.64. The lowest BCUT2D eigenvalue weighted by atomic mass is 9.80. The van der Waals surface area contributed by atoms with Gasteiger partial charge in [-0.1, -0.05) is 60.8 Å². The number of fused-ring (bicyclic) bond motifs is 3. The van der Waals surface area contributed by atoms with E-state index >= 15 is 0 Å². The van der Waals surface area contributed by atoms with Crippen molar-refractivity contribution in [1.29, 1.82) is 0 Å². The van der Waals surface area contributed by atoms with Crippen molar-refractivity contribution in [2.75, 3.05) is 37.6 Å². The Labute approximate surface area is 235 Å². The zero-order valence-electron chi connectivity index (χ0n) is 22.3. The molecule has 1 saturated carbocycles. The van der Waals surface area contributed by atoms with Gasteiger partial charge in [0.25, 0.3) is 0 Å². The molecule has 9 heteroatoms. The number of hydrogen-bond donors (Lipinski definition) is 1. The minimum atomic E-state index is -0.257. The number of nitrogens with zero attached hydrogens (tertiary/aromatic N) is 5. The number of carbonyl (C=O) groups is 2. The molecule has 3 fully saturated rings. The van der Waals surface area contributed by atoms with Crippen molar-refractivity contribution in [1.82, 2.24) is 20.1 Å². The zero-order chi connectivity index (χ0) is 26.8. The Morgan fingerprint density at radius 1 is 0.974 bits per heavy atom. The minimum Gasteiger partial charge on any atom is -0.368 e. The molecule has 8 nitrogen and oxygen atoms in total. The lowest BCUT2D eigenvalue weighted by Gasteiger charge is -2.50. The number of halogens is 1. The van der Waals surface area contributed by atoms with Crippen LogP contribution in [0.4, 0.5) is 5.69 Å². The third-order valence-corrected chi connectivity index (χ3v) is 8.94. The number of hydrogen-bond acceptors (Lipinski definition) is 6. The van der Waals surface area contributed by atoms with Crippen LogP contribution in [0.5, 0.6) is 0 Å². The van der Waals surface area contributed by atoms with Crippen LogP contribution in [0.3, 0.4) is 0 Å². The monoisotopic (exact) mass is 548 g/mol. The molecule has 2 aromatic rings. The molecule has 3 heterocycles. The molecule has 206 valence electrons. The van der Waals surface area contributed by atoms with Crippen molar-refractivity contribution in [3.8, 4) is 0 Å². The Morgan fingerprint density at radius 2 is 1.77 bits per heavy atom. The van der Waals surface area contributed by atoms with E-state index in [1.54, 1.807) is 0 Å². The van der Waals surface area contributed by atoms with Gasteiger partial charge >= 0.3 is 0 Å². The van der Waals surface area contributed by atoms with Crippen molar-refractivity contribution in [3.63, 3.8) is 0 Å². The Balaban J connectivity index is 1.07. The Hall–Kier alpha value is -3.26. The van der Waals surface area contributed by atoms with E-state index < -0.39 is 0 Å². The van der Waals surface area contributed by atoms with Gasteiger partial charge in [-0.05, 0) is 43.0 Å². The van der Waals surface area contributed by atoms with E-state index in [1.807, 2.05) is 46.2 Å². The molecule has 6 rings (SSSR count). The normalized spacial score (nSPS) is 24.7. The number of hydrazone groups is 1. The van der Waals surface area contributed by atoms with Gasteiger partial charge < -0.3 is 19.6 Å². The summed E-state index contributed by atoms with van der Waals surface area (Å²) in [6.45, 7) is 3.65. The number of anilines is 1. The van der Waals surface area contributed by atoms with Gasteiger partial charge in [-0.25, -0.2) is 0 Å². The van der Waals surface area contributed by atoms with Crippen LogP contribution >= 0.6 is 11.6 Å². The van der Waals surface area contributed by atoms with Gasteiger partial charge in [-0.2, -0.15) is 5.10 Å². The summed E-state index contributed by atoms with van der Waals surface area (Å²) in [6, 6.07) is 18.4. The largest absolute Gasteiger partial charge is 0.368 e. The van der Waals surface area contributed by atoms with Crippen LogP contribution in [0.2, 0.25) is 5.02 Å². The van der Waals surface area contributed by atoms with Gasteiger partial charge in [0.15, 0.2) is 6.29 Å². The van der Waals surface area contributed by atoms with Crippen LogP contribution in [-0.2, 0) is 16.0 Å². The van der Waals surface area contributed by atoms with Crippen LogP contribution in [0.1, 0.15) is 44.1 Å². The van der Waals surface area contributed by atoms with Gasteiger partial charge in [-0.3, -0.25) is 15.0 Å². The summed E-state index contributed by atoms with van der Waals surface area (Å²) in [4.78, 5) is 35.3. The molecule has 1 N–H and O–H groups in total. The van der Waals surface area contributed by atoms with Gasteiger partial charge in [0.2, 0.25) is 11.8 Å². The van der Waals surface area contributed by atoms with Crippen LogP contribution in [0.25, 0.3) is 0 Å². The minimum absolute atomic E-state index is 0.00569. The van der Waals surface area contributed by atoms with Crippen LogP contribution in [0, 0.1) is 5.92 Å². The van der Waals surface area contributed by atoms with E-state index in [0.29, 0.717) is 32.5 Å². The number of amides is 2. The summed E-state index contributed by atoms with van der Waals surface area (Å²) >= 11 is 6.17. The molecule has 39 heavy (non-hydrogen) atoms. The number of amidine groups is 1. The van der Waals surface area contributed by atoms with Crippen molar-refractivity contribution in [2.24, 2.45) is 11.0 Å². The lowest BCUT2D eigenvalue weighted by molar-refractivity contribution is -0.155. The molecule has 4 aliphatic rings. The predicted octanol–water partition coefficient (Wildman–Crippen LogP) is 3.91. The number of nitrogens with one attached hydrogen (secondary N) is 1. The van der Waals surface area contributed by atoms with Gasteiger partial charge in [-0.15, -0.1) is 0 Å². The van der Waals surface area contributed by atoms with Crippen molar-refractivity contribution < 1.29 is 9.59 Å². The molecule has 0 spiro atoms. The molecule has 2 saturated heterocycles. The topological polar surface area (TPSA) is 71.5 Å². The zero-order valence-corrected chi connectivity index (χ0v) is 23.1. The SMILES string of the molecule is O=C(CCC1=NNC2N(CCc3ccccc3)C(=O)C3CCCCC3N12)N1CCN(c2cccc(Cl)c2)CC1. The number of carbonyl (C=O) groups excluding carboxylic acids is 2. The maximum absolute atomic E-state index is 13.6. The highest BCUT2D eigenvalue weighted by Crippen LogP contribution is 2.38. The van der Waals surface area contributed by atoms with E-state index in [2.05, 4.69) is 33.4 Å². The third kappa shape index (κ3) is 5.44. The first-order chi connectivity index (χ1) is 19.1. The summed E-state index contributed by atoms with van der Waals surface area (Å²) in [5.74, 6) is 1.33. The molecule has 1 aliphatic carbocycles. The fourth-order valence-corrected chi connectivity index (χ4v) is 6.81. The molecular weight excluding hydrogens is 512 g/mol. The molecule has 0 aromatic heterocycles. The molecule has 2 aromatic carbocycles. The molecule has 3 unspecified atom stereocenters. The fraction of sp³-hybridized carbons (Fsp3) is 0.500. The first-order valence-electron chi connectivity index (χ1n) is 14.3. The molecule has 3 atom stereocenters. The number of piperazine rings is 1. The van der Waals surface area contributed by atoms with E-state index in [-0.39, 0.29) is 30.1 Å². The molecular formula is C30H37ClN6O2. The molecule has 2 amide bonds. The van der Waals surface area contributed by atoms with Crippen LogP contribution in [0.15, 0.2) is 59.7 Å². The molecule has 0 bridgehead atoms. The summed E-state index contributed by atoms with van der Waals surface area (Å²) in [5.41, 5.74) is 5.59. The summed E-state index contributed by atoms with van der Waals surface area (Å²) in [6.07, 6.45) is 5.72. The van der Waals surface area contributed by atoms with E-state index in [9.17, 15) is 9.59 Å². The maximum atomic E-state index is 13.6.